The Labute approximate surface area is 119 Å². The van der Waals surface area contributed by atoms with Crippen molar-refractivity contribution in [3.8, 4) is 5.75 Å². The molecule has 21 heavy (non-hydrogen) atoms. The van der Waals surface area contributed by atoms with Crippen LogP contribution in [0.25, 0.3) is 5.65 Å². The number of aromatic nitrogens is 4. The second kappa shape index (κ2) is 5.20. The fraction of sp³-hybridized carbons (Fsp3) is 0.143. The predicted molar refractivity (Wildman–Crippen MR) is 74.6 cm³/mol. The number of carbonyl (C=O) groups is 1. The third kappa shape index (κ3) is 2.29. The highest BCUT2D eigenvalue weighted by Crippen LogP contribution is 2.18. The molecule has 0 aliphatic carbocycles. The van der Waals surface area contributed by atoms with Gasteiger partial charge in [0, 0.05) is 12.4 Å². The lowest BCUT2D eigenvalue weighted by Crippen LogP contribution is -2.25. The van der Waals surface area contributed by atoms with Gasteiger partial charge in [0.25, 0.3) is 0 Å². The van der Waals surface area contributed by atoms with Crippen LogP contribution in [0.5, 0.6) is 5.75 Å². The zero-order valence-electron chi connectivity index (χ0n) is 11.3. The van der Waals surface area contributed by atoms with Gasteiger partial charge in [-0.25, -0.2) is 13.9 Å². The van der Waals surface area contributed by atoms with Crippen molar-refractivity contribution in [3.63, 3.8) is 0 Å². The van der Waals surface area contributed by atoms with Crippen LogP contribution in [0.3, 0.4) is 0 Å². The molecule has 0 amide bonds. The van der Waals surface area contributed by atoms with Gasteiger partial charge in [0.15, 0.2) is 11.4 Å². The van der Waals surface area contributed by atoms with Crippen LogP contribution in [-0.4, -0.2) is 32.1 Å². The van der Waals surface area contributed by atoms with Crippen molar-refractivity contribution in [2.75, 3.05) is 7.11 Å². The highest BCUT2D eigenvalue weighted by Gasteiger charge is 2.15. The lowest BCUT2D eigenvalue weighted by molar-refractivity contribution is 0.0963. The smallest absolute Gasteiger partial charge is 0.350 e. The first-order valence-corrected chi connectivity index (χ1v) is 6.26. The van der Waals surface area contributed by atoms with Crippen LogP contribution >= 0.6 is 0 Å². The molecule has 0 fully saturated rings. The Balaban J connectivity index is 1.97. The van der Waals surface area contributed by atoms with Crippen molar-refractivity contribution in [1.29, 1.82) is 0 Å². The molecule has 0 saturated carbocycles. The quantitative estimate of drug-likeness (QED) is 0.662. The van der Waals surface area contributed by atoms with Crippen molar-refractivity contribution in [2.45, 2.75) is 6.54 Å². The predicted octanol–water partition coefficient (Wildman–Crippen LogP) is 0.782. The van der Waals surface area contributed by atoms with Crippen LogP contribution in [0, 0.1) is 0 Å². The van der Waals surface area contributed by atoms with Crippen molar-refractivity contribution in [3.05, 3.63) is 58.9 Å². The Hall–Kier alpha value is -2.96. The van der Waals surface area contributed by atoms with Crippen LogP contribution in [0.15, 0.2) is 47.7 Å². The molecule has 7 nitrogen and oxygen atoms in total. The average Bonchev–Trinajstić information content (AvgIpc) is 2.84. The molecular weight excluding hydrogens is 272 g/mol. The van der Waals surface area contributed by atoms with Gasteiger partial charge < -0.3 is 4.74 Å². The normalized spacial score (nSPS) is 10.7. The first-order valence-electron chi connectivity index (χ1n) is 6.26. The van der Waals surface area contributed by atoms with E-state index in [0.717, 1.165) is 4.68 Å². The molecule has 3 rings (SSSR count). The molecule has 0 aliphatic heterocycles. The number of ketones is 1. The number of hydrogen-bond acceptors (Lipinski definition) is 5. The zero-order valence-corrected chi connectivity index (χ0v) is 11.3. The number of benzene rings is 1. The van der Waals surface area contributed by atoms with Gasteiger partial charge in [-0.1, -0.05) is 12.1 Å². The molecule has 0 radical (unpaired) electrons. The van der Waals surface area contributed by atoms with E-state index >= 15 is 0 Å². The summed E-state index contributed by atoms with van der Waals surface area (Å²) in [5.74, 6) is 0.229. The zero-order chi connectivity index (χ0) is 14.8. The first-order chi connectivity index (χ1) is 10.2. The Morgan fingerprint density at radius 3 is 2.90 bits per heavy atom. The Kier molecular flexibility index (Phi) is 3.23. The number of methoxy groups -OCH3 is 1. The van der Waals surface area contributed by atoms with E-state index in [2.05, 4.69) is 10.1 Å². The van der Waals surface area contributed by atoms with E-state index in [1.54, 1.807) is 24.3 Å². The third-order valence-corrected chi connectivity index (χ3v) is 3.09. The second-order valence-electron chi connectivity index (χ2n) is 4.37. The maximum absolute atomic E-state index is 12.3. The van der Waals surface area contributed by atoms with Crippen LogP contribution < -0.4 is 10.4 Å². The maximum Gasteiger partial charge on any atom is 0.350 e. The summed E-state index contributed by atoms with van der Waals surface area (Å²) in [7, 11) is 1.49. The molecule has 0 atom stereocenters. The fourth-order valence-corrected chi connectivity index (χ4v) is 2.08. The van der Waals surface area contributed by atoms with Crippen molar-refractivity contribution < 1.29 is 9.53 Å². The number of para-hydroxylation sites is 1. The molecule has 1 aromatic carbocycles. The minimum Gasteiger partial charge on any atom is -0.496 e. The molecule has 2 aromatic heterocycles. The van der Waals surface area contributed by atoms with Gasteiger partial charge in [-0.3, -0.25) is 9.78 Å². The molecule has 0 N–H and O–H groups in total. The van der Waals surface area contributed by atoms with Gasteiger partial charge in [-0.05, 0) is 12.1 Å². The molecule has 3 aromatic rings. The Bertz CT molecular complexity index is 866. The van der Waals surface area contributed by atoms with Crippen molar-refractivity contribution >= 4 is 11.4 Å². The van der Waals surface area contributed by atoms with Crippen molar-refractivity contribution in [2.24, 2.45) is 0 Å². The molecule has 0 spiro atoms. The number of carbonyl (C=O) groups excluding carboxylic acids is 1. The van der Waals surface area contributed by atoms with Crippen LogP contribution in [-0.2, 0) is 6.54 Å². The standard InChI is InChI=1S/C14H12N4O3/c1-21-12-5-3-2-4-10(12)11(19)9-18-14(20)17-7-6-15-8-13(17)16-18/h2-8H,9H2,1H3. The topological polar surface area (TPSA) is 78.5 Å². The van der Waals surface area contributed by atoms with E-state index in [4.69, 9.17) is 4.74 Å². The van der Waals surface area contributed by atoms with E-state index in [-0.39, 0.29) is 18.0 Å². The maximum atomic E-state index is 12.3. The highest BCUT2D eigenvalue weighted by molar-refractivity contribution is 5.98. The second-order valence-corrected chi connectivity index (χ2v) is 4.37. The average molecular weight is 284 g/mol. The highest BCUT2D eigenvalue weighted by atomic mass is 16.5. The number of ether oxygens (including phenoxy) is 1. The fourth-order valence-electron chi connectivity index (χ4n) is 2.08. The first kappa shape index (κ1) is 13.0. The largest absolute Gasteiger partial charge is 0.496 e. The Morgan fingerprint density at radius 1 is 1.33 bits per heavy atom. The summed E-state index contributed by atoms with van der Waals surface area (Å²) in [5, 5.41) is 4.08. The lowest BCUT2D eigenvalue weighted by atomic mass is 10.1. The van der Waals surface area contributed by atoms with E-state index in [9.17, 15) is 9.59 Å². The van der Waals surface area contributed by atoms with Gasteiger partial charge in [0.1, 0.15) is 12.3 Å². The summed E-state index contributed by atoms with van der Waals surface area (Å²) in [6.45, 7) is -0.152. The minimum atomic E-state index is -0.379. The number of fused-ring (bicyclic) bond motifs is 1. The van der Waals surface area contributed by atoms with E-state index < -0.39 is 0 Å². The number of hydrogen-bond donors (Lipinski definition) is 0. The summed E-state index contributed by atoms with van der Waals surface area (Å²) in [5.41, 5.74) is 0.438. The molecule has 2 heterocycles. The SMILES string of the molecule is COc1ccccc1C(=O)Cn1nc2cnccn2c1=O. The van der Waals surface area contributed by atoms with E-state index in [0.29, 0.717) is 17.0 Å². The van der Waals surface area contributed by atoms with Crippen molar-refractivity contribution in [1.82, 2.24) is 19.2 Å². The van der Waals surface area contributed by atoms with Gasteiger partial charge in [-0.15, -0.1) is 5.10 Å². The van der Waals surface area contributed by atoms with Crippen LogP contribution in [0.4, 0.5) is 0 Å². The van der Waals surface area contributed by atoms with Gasteiger partial charge >= 0.3 is 5.69 Å². The van der Waals surface area contributed by atoms with Crippen LogP contribution in [0.2, 0.25) is 0 Å². The third-order valence-electron chi connectivity index (χ3n) is 3.09. The van der Waals surface area contributed by atoms with Crippen LogP contribution in [0.1, 0.15) is 10.4 Å². The number of rotatable bonds is 4. The monoisotopic (exact) mass is 284 g/mol. The van der Waals surface area contributed by atoms with Gasteiger partial charge in [-0.2, -0.15) is 0 Å². The lowest BCUT2D eigenvalue weighted by Gasteiger charge is -2.06. The summed E-state index contributed by atoms with van der Waals surface area (Å²) < 4.78 is 7.60. The van der Waals surface area contributed by atoms with E-state index in [1.807, 2.05) is 0 Å². The van der Waals surface area contributed by atoms with Gasteiger partial charge in [0.05, 0.1) is 18.9 Å². The Morgan fingerprint density at radius 2 is 2.14 bits per heavy atom. The molecule has 0 aliphatic rings. The number of nitrogens with zero attached hydrogens (tertiary/aromatic N) is 4. The molecule has 7 heteroatoms. The summed E-state index contributed by atoms with van der Waals surface area (Å²) in [4.78, 5) is 28.3. The molecule has 0 unspecified atom stereocenters. The molecule has 106 valence electrons. The van der Waals surface area contributed by atoms with Gasteiger partial charge in [0.2, 0.25) is 0 Å². The van der Waals surface area contributed by atoms with E-state index in [1.165, 1.54) is 30.1 Å². The number of Topliss-reactive ketones (excluding diaryl/α,β-unsaturated/α-hetero) is 1. The summed E-state index contributed by atoms with van der Waals surface area (Å²) in [6.07, 6.45) is 4.46. The molecule has 0 saturated heterocycles. The molecule has 0 bridgehead atoms. The molecular formula is C14H12N4O3. The summed E-state index contributed by atoms with van der Waals surface area (Å²) in [6, 6.07) is 6.87. The minimum absolute atomic E-state index is 0.152. The summed E-state index contributed by atoms with van der Waals surface area (Å²) >= 11 is 0.